The van der Waals surface area contributed by atoms with Gasteiger partial charge in [0.05, 0.1) is 6.04 Å². The molecule has 2 aromatic rings. The lowest BCUT2D eigenvalue weighted by atomic mass is 9.99. The van der Waals surface area contributed by atoms with Crippen LogP contribution in [0.25, 0.3) is 0 Å². The van der Waals surface area contributed by atoms with Gasteiger partial charge in [0, 0.05) is 23.2 Å². The van der Waals surface area contributed by atoms with Crippen molar-refractivity contribution in [2.75, 3.05) is 7.05 Å². The summed E-state index contributed by atoms with van der Waals surface area (Å²) in [5.74, 6) is -0.303. The van der Waals surface area contributed by atoms with Crippen molar-refractivity contribution in [1.29, 1.82) is 0 Å². The molecule has 0 N–H and O–H groups in total. The monoisotopic (exact) mass is 329 g/mol. The fraction of sp³-hybridized carbons (Fsp3) is 0.263. The first kappa shape index (κ1) is 17.2. The third-order valence-electron chi connectivity index (χ3n) is 4.14. The van der Waals surface area contributed by atoms with E-state index < -0.39 is 6.04 Å². The predicted molar refractivity (Wildman–Crippen MR) is 93.3 cm³/mol. The zero-order chi connectivity index (χ0) is 17.1. The Bertz CT molecular complexity index is 755. The molecule has 4 heteroatoms. The van der Waals surface area contributed by atoms with Crippen LogP contribution < -0.4 is 0 Å². The Morgan fingerprint density at radius 2 is 1.70 bits per heavy atom. The first-order valence-electron chi connectivity index (χ1n) is 7.45. The van der Waals surface area contributed by atoms with Crippen LogP contribution in [-0.4, -0.2) is 29.7 Å². The number of benzene rings is 2. The van der Waals surface area contributed by atoms with Crippen molar-refractivity contribution in [2.45, 2.75) is 26.8 Å². The van der Waals surface area contributed by atoms with Gasteiger partial charge in [0.15, 0.2) is 5.78 Å². The van der Waals surface area contributed by atoms with Crippen LogP contribution in [0.5, 0.6) is 0 Å². The summed E-state index contributed by atoms with van der Waals surface area (Å²) in [6, 6.07) is 11.8. The van der Waals surface area contributed by atoms with Crippen molar-refractivity contribution in [1.82, 2.24) is 4.90 Å². The maximum absolute atomic E-state index is 12.6. The maximum Gasteiger partial charge on any atom is 0.254 e. The van der Waals surface area contributed by atoms with Gasteiger partial charge in [-0.3, -0.25) is 9.59 Å². The van der Waals surface area contributed by atoms with Crippen LogP contribution in [0.3, 0.4) is 0 Å². The number of amides is 1. The highest BCUT2D eigenvalue weighted by atomic mass is 35.5. The molecule has 0 radical (unpaired) electrons. The average molecular weight is 330 g/mol. The topological polar surface area (TPSA) is 37.4 Å². The quantitative estimate of drug-likeness (QED) is 0.784. The van der Waals surface area contributed by atoms with Crippen molar-refractivity contribution in [2.24, 2.45) is 0 Å². The molecule has 0 saturated heterocycles. The number of halogens is 1. The van der Waals surface area contributed by atoms with E-state index in [2.05, 4.69) is 0 Å². The number of likely N-dealkylation sites (N-methyl/N-ethyl adjacent to an activating group) is 1. The van der Waals surface area contributed by atoms with Gasteiger partial charge in [0.25, 0.3) is 5.91 Å². The van der Waals surface area contributed by atoms with Crippen LogP contribution in [0.2, 0.25) is 5.02 Å². The zero-order valence-electron chi connectivity index (χ0n) is 13.8. The standard InChI is InChI=1S/C19H20ClNO2/c1-12-8-9-15(10-13(12)2)18(22)14(3)21(4)19(23)16-6-5-7-17(20)11-16/h5-11,14H,1-4H3. The number of nitrogens with zero attached hydrogens (tertiary/aromatic N) is 1. The number of carbonyl (C=O) groups excluding carboxylic acids is 2. The van der Waals surface area contributed by atoms with Gasteiger partial charge in [-0.05, 0) is 56.2 Å². The summed E-state index contributed by atoms with van der Waals surface area (Å²) in [7, 11) is 1.63. The first-order valence-corrected chi connectivity index (χ1v) is 7.83. The molecule has 2 aromatic carbocycles. The largest absolute Gasteiger partial charge is 0.332 e. The Balaban J connectivity index is 2.21. The molecule has 1 unspecified atom stereocenters. The maximum atomic E-state index is 12.6. The van der Waals surface area contributed by atoms with E-state index in [0.29, 0.717) is 16.1 Å². The number of hydrogen-bond acceptors (Lipinski definition) is 2. The summed E-state index contributed by atoms with van der Waals surface area (Å²) in [5.41, 5.74) is 3.29. The summed E-state index contributed by atoms with van der Waals surface area (Å²) >= 11 is 5.93. The highest BCUT2D eigenvalue weighted by Crippen LogP contribution is 2.17. The SMILES string of the molecule is Cc1ccc(C(=O)C(C)N(C)C(=O)c2cccc(Cl)c2)cc1C. The predicted octanol–water partition coefficient (Wildman–Crippen LogP) is 4.30. The van der Waals surface area contributed by atoms with Gasteiger partial charge in [-0.2, -0.15) is 0 Å². The van der Waals surface area contributed by atoms with Gasteiger partial charge >= 0.3 is 0 Å². The number of rotatable bonds is 4. The Morgan fingerprint density at radius 1 is 1.00 bits per heavy atom. The van der Waals surface area contributed by atoms with Gasteiger partial charge in [-0.25, -0.2) is 0 Å². The van der Waals surface area contributed by atoms with Crippen molar-refractivity contribution >= 4 is 23.3 Å². The molecule has 0 spiro atoms. The second kappa shape index (κ2) is 6.97. The van der Waals surface area contributed by atoms with E-state index in [1.165, 1.54) is 4.90 Å². The van der Waals surface area contributed by atoms with Crippen molar-refractivity contribution < 1.29 is 9.59 Å². The Morgan fingerprint density at radius 3 is 2.30 bits per heavy atom. The molecule has 0 fully saturated rings. The number of carbonyl (C=O) groups is 2. The Hall–Kier alpha value is -2.13. The van der Waals surface area contributed by atoms with Crippen LogP contribution in [0.4, 0.5) is 0 Å². The smallest absolute Gasteiger partial charge is 0.254 e. The number of ketones is 1. The fourth-order valence-corrected chi connectivity index (χ4v) is 2.50. The van der Waals surface area contributed by atoms with Crippen LogP contribution in [0.15, 0.2) is 42.5 Å². The van der Waals surface area contributed by atoms with Gasteiger partial charge in [0.2, 0.25) is 0 Å². The minimum Gasteiger partial charge on any atom is -0.332 e. The van der Waals surface area contributed by atoms with Gasteiger partial charge in [-0.1, -0.05) is 29.8 Å². The number of aryl methyl sites for hydroxylation is 2. The summed E-state index contributed by atoms with van der Waals surface area (Å²) in [4.78, 5) is 26.6. The van der Waals surface area contributed by atoms with Crippen molar-refractivity contribution in [3.05, 3.63) is 69.7 Å². The molecule has 120 valence electrons. The van der Waals surface area contributed by atoms with E-state index in [9.17, 15) is 9.59 Å². The molecule has 0 aromatic heterocycles. The molecule has 0 aliphatic rings. The first-order chi connectivity index (χ1) is 10.8. The van der Waals surface area contributed by atoms with E-state index in [1.807, 2.05) is 26.0 Å². The molecule has 1 atom stereocenters. The number of Topliss-reactive ketones (excluding diaryl/α,β-unsaturated/α-hetero) is 1. The minimum absolute atomic E-state index is 0.0778. The van der Waals surface area contributed by atoms with E-state index in [4.69, 9.17) is 11.6 Å². The van der Waals surface area contributed by atoms with E-state index >= 15 is 0 Å². The fourth-order valence-electron chi connectivity index (χ4n) is 2.31. The van der Waals surface area contributed by atoms with Crippen molar-refractivity contribution in [3.8, 4) is 0 Å². The van der Waals surface area contributed by atoms with Crippen LogP contribution in [-0.2, 0) is 0 Å². The average Bonchev–Trinajstić information content (AvgIpc) is 2.54. The summed E-state index contributed by atoms with van der Waals surface area (Å²) in [6.07, 6.45) is 0. The Labute approximate surface area is 141 Å². The van der Waals surface area contributed by atoms with Gasteiger partial charge < -0.3 is 4.90 Å². The van der Waals surface area contributed by atoms with Crippen LogP contribution in [0.1, 0.15) is 38.8 Å². The molecule has 2 rings (SSSR count). The molecule has 0 aliphatic carbocycles. The van der Waals surface area contributed by atoms with E-state index in [0.717, 1.165) is 11.1 Å². The summed E-state index contributed by atoms with van der Waals surface area (Å²) < 4.78 is 0. The molecular formula is C19H20ClNO2. The molecule has 1 amide bonds. The third-order valence-corrected chi connectivity index (χ3v) is 4.38. The highest BCUT2D eigenvalue weighted by molar-refractivity contribution is 6.31. The lowest BCUT2D eigenvalue weighted by Gasteiger charge is -2.24. The Kier molecular flexibility index (Phi) is 5.22. The third kappa shape index (κ3) is 3.80. The van der Waals surface area contributed by atoms with Gasteiger partial charge in [0.1, 0.15) is 0 Å². The molecule has 23 heavy (non-hydrogen) atoms. The van der Waals surface area contributed by atoms with Crippen LogP contribution in [0, 0.1) is 13.8 Å². The highest BCUT2D eigenvalue weighted by Gasteiger charge is 2.24. The normalized spacial score (nSPS) is 11.9. The summed E-state index contributed by atoms with van der Waals surface area (Å²) in [6.45, 7) is 5.71. The second-order valence-corrected chi connectivity index (χ2v) is 6.20. The van der Waals surface area contributed by atoms with Crippen LogP contribution >= 0.6 is 11.6 Å². The molecule has 0 heterocycles. The number of hydrogen-bond donors (Lipinski definition) is 0. The molecule has 0 saturated carbocycles. The van der Waals surface area contributed by atoms with E-state index in [-0.39, 0.29) is 11.7 Å². The lowest BCUT2D eigenvalue weighted by Crippen LogP contribution is -2.40. The van der Waals surface area contributed by atoms with E-state index in [1.54, 1.807) is 44.3 Å². The molecule has 0 bridgehead atoms. The van der Waals surface area contributed by atoms with Crippen molar-refractivity contribution in [3.63, 3.8) is 0 Å². The second-order valence-electron chi connectivity index (χ2n) is 5.77. The molecule has 3 nitrogen and oxygen atoms in total. The summed E-state index contributed by atoms with van der Waals surface area (Å²) in [5, 5.41) is 0.498. The molecule has 0 aliphatic heterocycles. The zero-order valence-corrected chi connectivity index (χ0v) is 14.5. The van der Waals surface area contributed by atoms with Gasteiger partial charge in [-0.15, -0.1) is 0 Å². The molecular weight excluding hydrogens is 310 g/mol. The minimum atomic E-state index is -0.552. The lowest BCUT2D eigenvalue weighted by molar-refractivity contribution is 0.0675.